The highest BCUT2D eigenvalue weighted by molar-refractivity contribution is 5.90. The molecule has 3 heterocycles. The van der Waals surface area contributed by atoms with Crippen LogP contribution in [0.4, 0.5) is 11.6 Å². The molecular formula is C22H29N7. The number of rotatable bonds is 5. The molecule has 0 amide bonds. The normalized spacial score (nSPS) is 18.6. The van der Waals surface area contributed by atoms with Crippen molar-refractivity contribution in [3.63, 3.8) is 0 Å². The Kier molecular flexibility index (Phi) is 5.06. The van der Waals surface area contributed by atoms with Crippen LogP contribution in [-0.2, 0) is 0 Å². The zero-order valence-corrected chi connectivity index (χ0v) is 17.0. The van der Waals surface area contributed by atoms with Crippen LogP contribution in [0.25, 0.3) is 10.9 Å². The Morgan fingerprint density at radius 3 is 2.55 bits per heavy atom. The number of aryl methyl sites for hydroxylation is 1. The molecule has 5 rings (SSSR count). The first-order chi connectivity index (χ1) is 14.3. The lowest BCUT2D eigenvalue weighted by molar-refractivity contribution is 0.335. The number of hydrogen-bond donors (Lipinski definition) is 2. The minimum Gasteiger partial charge on any atom is -0.323 e. The molecule has 29 heavy (non-hydrogen) atoms. The van der Waals surface area contributed by atoms with Crippen molar-refractivity contribution in [1.82, 2.24) is 25.2 Å². The average Bonchev–Trinajstić information content (AvgIpc) is 3.38. The molecule has 1 saturated carbocycles. The van der Waals surface area contributed by atoms with Gasteiger partial charge in [0.05, 0.1) is 11.2 Å². The molecule has 1 aliphatic heterocycles. The van der Waals surface area contributed by atoms with E-state index in [4.69, 9.17) is 5.10 Å². The molecule has 7 nitrogen and oxygen atoms in total. The van der Waals surface area contributed by atoms with Gasteiger partial charge in [0, 0.05) is 36.6 Å². The molecule has 152 valence electrons. The molecule has 0 atom stereocenters. The Morgan fingerprint density at radius 2 is 1.72 bits per heavy atom. The number of anilines is 2. The first kappa shape index (κ1) is 18.4. The molecule has 0 bridgehead atoms. The minimum absolute atomic E-state index is 0.633. The minimum atomic E-state index is 0.633. The summed E-state index contributed by atoms with van der Waals surface area (Å²) in [7, 11) is 0. The predicted octanol–water partition coefficient (Wildman–Crippen LogP) is 3.51. The van der Waals surface area contributed by atoms with E-state index in [1.807, 2.05) is 36.0 Å². The van der Waals surface area contributed by atoms with Gasteiger partial charge < -0.3 is 10.6 Å². The second kappa shape index (κ2) is 7.99. The van der Waals surface area contributed by atoms with Gasteiger partial charge in [0.15, 0.2) is 5.82 Å². The van der Waals surface area contributed by atoms with Crippen LogP contribution >= 0.6 is 0 Å². The van der Waals surface area contributed by atoms with Crippen molar-refractivity contribution in [2.45, 2.75) is 57.5 Å². The highest BCUT2D eigenvalue weighted by Gasteiger charge is 2.25. The van der Waals surface area contributed by atoms with Crippen molar-refractivity contribution in [1.29, 1.82) is 0 Å². The average molecular weight is 392 g/mol. The van der Waals surface area contributed by atoms with E-state index in [9.17, 15) is 0 Å². The molecule has 2 N–H and O–H groups in total. The summed E-state index contributed by atoms with van der Waals surface area (Å²) < 4.78 is 0. The van der Waals surface area contributed by atoms with E-state index in [0.717, 1.165) is 60.2 Å². The molecular weight excluding hydrogens is 362 g/mol. The Balaban J connectivity index is 1.31. The maximum absolute atomic E-state index is 4.76. The summed E-state index contributed by atoms with van der Waals surface area (Å²) in [5.74, 6) is 1.77. The number of benzene rings is 1. The number of nitrogens with one attached hydrogen (secondary N) is 2. The van der Waals surface area contributed by atoms with Gasteiger partial charge in [-0.2, -0.15) is 9.89 Å². The van der Waals surface area contributed by atoms with Crippen molar-refractivity contribution in [2.24, 2.45) is 0 Å². The van der Waals surface area contributed by atoms with Gasteiger partial charge in [-0.3, -0.25) is 5.01 Å². The lowest BCUT2D eigenvalue weighted by Crippen LogP contribution is -2.49. The van der Waals surface area contributed by atoms with Crippen LogP contribution in [0, 0.1) is 6.92 Å². The van der Waals surface area contributed by atoms with Crippen LogP contribution in [0.2, 0.25) is 0 Å². The SMILES string of the molecule is Cc1cc(Nc2ncnc3ccccc23)n(N2CCC(NC3CCCC3)CC2)n1. The maximum Gasteiger partial charge on any atom is 0.153 e. The Bertz CT molecular complexity index is 963. The van der Waals surface area contributed by atoms with E-state index in [0.29, 0.717) is 6.04 Å². The molecule has 3 aromatic rings. The highest BCUT2D eigenvalue weighted by atomic mass is 15.7. The van der Waals surface area contributed by atoms with Crippen molar-refractivity contribution in [3.05, 3.63) is 42.4 Å². The first-order valence-corrected chi connectivity index (χ1v) is 10.8. The molecule has 1 aromatic carbocycles. The molecule has 2 fully saturated rings. The van der Waals surface area contributed by atoms with Crippen LogP contribution in [-0.4, -0.2) is 45.0 Å². The summed E-state index contributed by atoms with van der Waals surface area (Å²) in [5, 5.41) is 15.5. The van der Waals surface area contributed by atoms with E-state index < -0.39 is 0 Å². The van der Waals surface area contributed by atoms with Gasteiger partial charge in [0.25, 0.3) is 0 Å². The fourth-order valence-corrected chi connectivity index (χ4v) is 4.66. The molecule has 2 aromatic heterocycles. The molecule has 1 aliphatic carbocycles. The number of para-hydroxylation sites is 1. The van der Waals surface area contributed by atoms with Crippen LogP contribution < -0.4 is 15.6 Å². The number of nitrogens with zero attached hydrogens (tertiary/aromatic N) is 5. The van der Waals surface area contributed by atoms with Gasteiger partial charge in [-0.05, 0) is 44.7 Å². The summed E-state index contributed by atoms with van der Waals surface area (Å²) >= 11 is 0. The smallest absolute Gasteiger partial charge is 0.153 e. The van der Waals surface area contributed by atoms with Crippen molar-refractivity contribution in [3.8, 4) is 0 Å². The lowest BCUT2D eigenvalue weighted by atomic mass is 10.0. The Hall–Kier alpha value is -2.67. The van der Waals surface area contributed by atoms with Gasteiger partial charge in [-0.25, -0.2) is 9.97 Å². The Morgan fingerprint density at radius 1 is 0.966 bits per heavy atom. The van der Waals surface area contributed by atoms with Crippen LogP contribution in [0.15, 0.2) is 36.7 Å². The zero-order chi connectivity index (χ0) is 19.6. The third-order valence-electron chi connectivity index (χ3n) is 6.17. The lowest BCUT2D eigenvalue weighted by Gasteiger charge is -2.35. The van der Waals surface area contributed by atoms with E-state index in [1.165, 1.54) is 25.7 Å². The molecule has 7 heteroatoms. The fourth-order valence-electron chi connectivity index (χ4n) is 4.66. The van der Waals surface area contributed by atoms with Crippen molar-refractivity contribution in [2.75, 3.05) is 23.4 Å². The number of hydrogen-bond acceptors (Lipinski definition) is 6. The van der Waals surface area contributed by atoms with E-state index in [1.54, 1.807) is 6.33 Å². The molecule has 0 unspecified atom stereocenters. The quantitative estimate of drug-likeness (QED) is 0.694. The largest absolute Gasteiger partial charge is 0.323 e. The summed E-state index contributed by atoms with van der Waals surface area (Å²) in [6.45, 7) is 4.05. The summed E-state index contributed by atoms with van der Waals surface area (Å²) in [6, 6.07) is 11.5. The Labute approximate surface area is 171 Å². The van der Waals surface area contributed by atoms with Crippen molar-refractivity contribution < 1.29 is 0 Å². The van der Waals surface area contributed by atoms with Crippen molar-refractivity contribution >= 4 is 22.5 Å². The summed E-state index contributed by atoms with van der Waals surface area (Å²) in [6.07, 6.45) is 9.39. The summed E-state index contributed by atoms with van der Waals surface area (Å²) in [4.78, 5) is 10.9. The molecule has 0 radical (unpaired) electrons. The third kappa shape index (κ3) is 3.92. The number of fused-ring (bicyclic) bond motifs is 1. The van der Waals surface area contributed by atoms with Gasteiger partial charge in [0.2, 0.25) is 0 Å². The summed E-state index contributed by atoms with van der Waals surface area (Å²) in [5.41, 5.74) is 1.93. The van der Waals surface area contributed by atoms with Crippen LogP contribution in [0.5, 0.6) is 0 Å². The van der Waals surface area contributed by atoms with Crippen LogP contribution in [0.3, 0.4) is 0 Å². The highest BCUT2D eigenvalue weighted by Crippen LogP contribution is 2.25. The topological polar surface area (TPSA) is 70.9 Å². The maximum atomic E-state index is 4.76. The second-order valence-corrected chi connectivity index (χ2v) is 8.30. The fraction of sp³-hybridized carbons (Fsp3) is 0.500. The monoisotopic (exact) mass is 391 g/mol. The first-order valence-electron chi connectivity index (χ1n) is 10.8. The third-order valence-corrected chi connectivity index (χ3v) is 6.17. The number of aromatic nitrogens is 4. The van der Waals surface area contributed by atoms with E-state index in [2.05, 4.69) is 31.7 Å². The second-order valence-electron chi connectivity index (χ2n) is 8.30. The number of piperidine rings is 1. The van der Waals surface area contributed by atoms with E-state index >= 15 is 0 Å². The molecule has 2 aliphatic rings. The predicted molar refractivity (Wildman–Crippen MR) is 116 cm³/mol. The zero-order valence-electron chi connectivity index (χ0n) is 17.0. The molecule has 1 saturated heterocycles. The van der Waals surface area contributed by atoms with E-state index in [-0.39, 0.29) is 0 Å². The van der Waals surface area contributed by atoms with Gasteiger partial charge in [0.1, 0.15) is 12.1 Å². The van der Waals surface area contributed by atoms with Gasteiger partial charge >= 0.3 is 0 Å². The van der Waals surface area contributed by atoms with Crippen LogP contribution in [0.1, 0.15) is 44.2 Å². The van der Waals surface area contributed by atoms with Gasteiger partial charge in [-0.15, -0.1) is 0 Å². The standard InChI is InChI=1S/C22H29N7/c1-16-14-21(26-22-19-8-4-5-9-20(19)23-15-24-22)29(27-16)28-12-10-18(11-13-28)25-17-6-2-3-7-17/h4-5,8-9,14-15,17-18,25H,2-3,6-7,10-13H2,1H3,(H,23,24,26). The molecule has 0 spiro atoms. The van der Waals surface area contributed by atoms with Gasteiger partial charge in [-0.1, -0.05) is 25.0 Å².